The number of hydrogen-bond acceptors (Lipinski definition) is 4. The largest absolute Gasteiger partial charge is 0.333 e. The lowest BCUT2D eigenvalue weighted by molar-refractivity contribution is 0.0516. The Balaban J connectivity index is 1.50. The van der Waals surface area contributed by atoms with E-state index >= 15 is 0 Å². The molecule has 0 unspecified atom stereocenters. The van der Waals surface area contributed by atoms with E-state index in [-0.39, 0.29) is 30.1 Å². The Bertz CT molecular complexity index is 1070. The van der Waals surface area contributed by atoms with Gasteiger partial charge in [0.25, 0.3) is 17.7 Å². The molecule has 0 radical (unpaired) electrons. The first-order valence-corrected chi connectivity index (χ1v) is 10.4. The van der Waals surface area contributed by atoms with E-state index in [9.17, 15) is 18.8 Å². The molecule has 0 saturated heterocycles. The third-order valence-corrected chi connectivity index (χ3v) is 6.24. The number of fused-ring (bicyclic) bond motifs is 2. The molecular formula is C23H25FN4O3. The number of carbonyl (C=O) groups excluding carboxylic acids is 3. The number of hydrogen-bond donors (Lipinski definition) is 0. The Kier molecular flexibility index (Phi) is 5.24. The van der Waals surface area contributed by atoms with Crippen LogP contribution in [0.5, 0.6) is 0 Å². The number of nitrogens with zero attached hydrogens (tertiary/aromatic N) is 4. The summed E-state index contributed by atoms with van der Waals surface area (Å²) < 4.78 is 15.2. The molecule has 0 spiro atoms. The van der Waals surface area contributed by atoms with E-state index in [2.05, 4.69) is 5.10 Å². The molecule has 31 heavy (non-hydrogen) atoms. The van der Waals surface area contributed by atoms with E-state index < -0.39 is 11.8 Å². The minimum absolute atomic E-state index is 0.0430. The van der Waals surface area contributed by atoms with Gasteiger partial charge < -0.3 is 4.90 Å². The molecule has 1 aromatic carbocycles. The van der Waals surface area contributed by atoms with Gasteiger partial charge in [0.15, 0.2) is 0 Å². The fourth-order valence-electron chi connectivity index (χ4n) is 4.05. The molecule has 3 heterocycles. The van der Waals surface area contributed by atoms with Crippen LogP contribution in [0, 0.1) is 0 Å². The Morgan fingerprint density at radius 1 is 1.06 bits per heavy atom. The molecule has 3 amide bonds. The zero-order valence-electron chi connectivity index (χ0n) is 17.9. The van der Waals surface area contributed by atoms with Gasteiger partial charge in [0.05, 0.1) is 41.8 Å². The van der Waals surface area contributed by atoms with Crippen LogP contribution in [-0.2, 0) is 13.0 Å². The van der Waals surface area contributed by atoms with Crippen molar-refractivity contribution >= 4 is 17.7 Å². The molecule has 0 atom stereocenters. The predicted molar refractivity (Wildman–Crippen MR) is 112 cm³/mol. The number of rotatable bonds is 6. The van der Waals surface area contributed by atoms with Crippen molar-refractivity contribution in [3.63, 3.8) is 0 Å². The van der Waals surface area contributed by atoms with Crippen LogP contribution >= 0.6 is 0 Å². The number of halogens is 1. The lowest BCUT2D eigenvalue weighted by Crippen LogP contribution is -2.50. The SMILES string of the molecule is CCC(C)(C)N1CCc2nn(C/C(=C/F)CN3C(=O)c4ccccc4C3=O)cc2C1=O. The van der Waals surface area contributed by atoms with Crippen molar-refractivity contribution in [2.45, 2.75) is 45.7 Å². The summed E-state index contributed by atoms with van der Waals surface area (Å²) in [6, 6.07) is 6.55. The van der Waals surface area contributed by atoms with Crippen LogP contribution in [0.2, 0.25) is 0 Å². The average Bonchev–Trinajstić information content (AvgIpc) is 3.28. The van der Waals surface area contributed by atoms with Crippen LogP contribution in [0.25, 0.3) is 0 Å². The van der Waals surface area contributed by atoms with Crippen molar-refractivity contribution in [1.29, 1.82) is 0 Å². The molecule has 0 N–H and O–H groups in total. The molecule has 2 aliphatic heterocycles. The molecule has 0 bridgehead atoms. The van der Waals surface area contributed by atoms with Gasteiger partial charge in [-0.15, -0.1) is 0 Å². The van der Waals surface area contributed by atoms with Gasteiger partial charge in [0.2, 0.25) is 0 Å². The van der Waals surface area contributed by atoms with Gasteiger partial charge in [-0.2, -0.15) is 5.10 Å². The van der Waals surface area contributed by atoms with E-state index in [1.165, 1.54) is 4.68 Å². The quantitative estimate of drug-likeness (QED) is 0.668. The Morgan fingerprint density at radius 3 is 2.29 bits per heavy atom. The zero-order valence-corrected chi connectivity index (χ0v) is 17.9. The summed E-state index contributed by atoms with van der Waals surface area (Å²) in [5.74, 6) is -0.954. The number of amides is 3. The molecule has 8 heteroatoms. The number of carbonyl (C=O) groups is 3. The molecule has 2 aliphatic rings. The lowest BCUT2D eigenvalue weighted by atomic mass is 9.95. The van der Waals surface area contributed by atoms with Gasteiger partial charge in [0, 0.05) is 24.7 Å². The summed E-state index contributed by atoms with van der Waals surface area (Å²) in [5.41, 5.74) is 1.81. The first kappa shape index (κ1) is 21.0. The zero-order chi connectivity index (χ0) is 22.3. The van der Waals surface area contributed by atoms with Crippen molar-refractivity contribution in [3.05, 3.63) is 64.7 Å². The summed E-state index contributed by atoms with van der Waals surface area (Å²) in [7, 11) is 0. The fourth-order valence-corrected chi connectivity index (χ4v) is 4.05. The Labute approximate surface area is 180 Å². The number of imide groups is 1. The van der Waals surface area contributed by atoms with E-state index in [4.69, 9.17) is 0 Å². The molecule has 7 nitrogen and oxygen atoms in total. The third kappa shape index (κ3) is 3.56. The monoisotopic (exact) mass is 424 g/mol. The number of benzene rings is 1. The standard InChI is InChI=1S/C23H25FN4O3/c1-4-23(2,3)28-10-9-19-18(22(28)31)14-26(25-19)12-15(11-24)13-27-20(29)16-7-5-6-8-17(16)21(27)30/h5-8,11,14H,4,9-10,12-13H2,1-3H3/b15-11-. The maximum Gasteiger partial charge on any atom is 0.261 e. The maximum absolute atomic E-state index is 13.7. The Hall–Kier alpha value is -3.29. The van der Waals surface area contributed by atoms with E-state index in [0.717, 1.165) is 11.3 Å². The van der Waals surface area contributed by atoms with E-state index in [0.29, 0.717) is 41.7 Å². The highest BCUT2D eigenvalue weighted by Gasteiger charge is 2.37. The minimum atomic E-state index is -0.438. The molecule has 2 aromatic rings. The van der Waals surface area contributed by atoms with Crippen molar-refractivity contribution in [1.82, 2.24) is 19.6 Å². The highest BCUT2D eigenvalue weighted by atomic mass is 19.1. The van der Waals surface area contributed by atoms with Crippen molar-refractivity contribution in [2.24, 2.45) is 0 Å². The Morgan fingerprint density at radius 2 is 1.71 bits per heavy atom. The summed E-state index contributed by atoms with van der Waals surface area (Å²) in [4.78, 5) is 41.0. The van der Waals surface area contributed by atoms with Gasteiger partial charge >= 0.3 is 0 Å². The summed E-state index contributed by atoms with van der Waals surface area (Å²) >= 11 is 0. The summed E-state index contributed by atoms with van der Waals surface area (Å²) in [6.07, 6.45) is 3.49. The topological polar surface area (TPSA) is 75.5 Å². The highest BCUT2D eigenvalue weighted by molar-refractivity contribution is 6.21. The van der Waals surface area contributed by atoms with Gasteiger partial charge in [-0.05, 0) is 38.0 Å². The third-order valence-electron chi connectivity index (χ3n) is 6.24. The predicted octanol–water partition coefficient (Wildman–Crippen LogP) is 3.22. The van der Waals surface area contributed by atoms with Crippen LogP contribution in [0.4, 0.5) is 4.39 Å². The molecule has 4 rings (SSSR count). The van der Waals surface area contributed by atoms with E-state index in [1.807, 2.05) is 25.7 Å². The normalized spacial score (nSPS) is 16.8. The molecule has 0 saturated carbocycles. The van der Waals surface area contributed by atoms with Crippen LogP contribution in [0.3, 0.4) is 0 Å². The maximum atomic E-state index is 13.7. The summed E-state index contributed by atoms with van der Waals surface area (Å²) in [6.45, 7) is 6.57. The molecule has 0 aliphatic carbocycles. The average molecular weight is 424 g/mol. The molecular weight excluding hydrogens is 399 g/mol. The molecule has 1 aromatic heterocycles. The summed E-state index contributed by atoms with van der Waals surface area (Å²) in [5, 5.41) is 4.46. The lowest BCUT2D eigenvalue weighted by Gasteiger charge is -2.40. The van der Waals surface area contributed by atoms with Crippen molar-refractivity contribution in [2.75, 3.05) is 13.1 Å². The second-order valence-corrected chi connectivity index (χ2v) is 8.57. The fraction of sp³-hybridized carbons (Fsp3) is 0.391. The van der Waals surface area contributed by atoms with Crippen molar-refractivity contribution < 1.29 is 18.8 Å². The van der Waals surface area contributed by atoms with Crippen LogP contribution in [-0.4, -0.2) is 55.9 Å². The first-order valence-electron chi connectivity index (χ1n) is 10.4. The van der Waals surface area contributed by atoms with Crippen LogP contribution in [0.1, 0.15) is 64.0 Å². The minimum Gasteiger partial charge on any atom is -0.333 e. The van der Waals surface area contributed by atoms with Gasteiger partial charge in [0.1, 0.15) is 0 Å². The van der Waals surface area contributed by atoms with Crippen LogP contribution < -0.4 is 0 Å². The first-order chi connectivity index (χ1) is 14.8. The second-order valence-electron chi connectivity index (χ2n) is 8.57. The van der Waals surface area contributed by atoms with Crippen LogP contribution in [0.15, 0.2) is 42.4 Å². The molecule has 162 valence electrons. The van der Waals surface area contributed by atoms with Gasteiger partial charge in [-0.25, -0.2) is 4.39 Å². The number of aromatic nitrogens is 2. The van der Waals surface area contributed by atoms with Gasteiger partial charge in [-0.1, -0.05) is 19.1 Å². The van der Waals surface area contributed by atoms with E-state index in [1.54, 1.807) is 30.5 Å². The van der Waals surface area contributed by atoms with Crippen molar-refractivity contribution in [3.8, 4) is 0 Å². The smallest absolute Gasteiger partial charge is 0.261 e. The highest BCUT2D eigenvalue weighted by Crippen LogP contribution is 2.27. The van der Waals surface area contributed by atoms with Gasteiger partial charge in [-0.3, -0.25) is 24.0 Å². The second kappa shape index (κ2) is 7.76. The molecule has 0 fully saturated rings.